The molecule has 7 heteroatoms. The SMILES string of the molecule is N#Cc1ccccc1-c1ccc(CSc2nnc(CN3CCCC3=O)o2)cc1. The fraction of sp³-hybridized carbons (Fsp3) is 0.238. The molecule has 1 aliphatic heterocycles. The van der Waals surface area contributed by atoms with E-state index in [1.165, 1.54) is 11.8 Å². The Morgan fingerprint density at radius 1 is 1.14 bits per heavy atom. The van der Waals surface area contributed by atoms with Gasteiger partial charge in [0.25, 0.3) is 5.22 Å². The maximum absolute atomic E-state index is 11.7. The summed E-state index contributed by atoms with van der Waals surface area (Å²) < 4.78 is 5.65. The summed E-state index contributed by atoms with van der Waals surface area (Å²) in [5, 5.41) is 17.8. The third-order valence-corrected chi connectivity index (χ3v) is 5.51. The fourth-order valence-corrected chi connectivity index (χ4v) is 3.89. The summed E-state index contributed by atoms with van der Waals surface area (Å²) in [4.78, 5) is 13.4. The Labute approximate surface area is 167 Å². The van der Waals surface area contributed by atoms with Gasteiger partial charge in [-0.25, -0.2) is 0 Å². The predicted octanol–water partition coefficient (Wildman–Crippen LogP) is 4.02. The molecule has 0 radical (unpaired) electrons. The Morgan fingerprint density at radius 3 is 2.71 bits per heavy atom. The number of likely N-dealkylation sites (tertiary alicyclic amines) is 1. The van der Waals surface area contributed by atoms with Gasteiger partial charge in [0.05, 0.1) is 18.2 Å². The maximum Gasteiger partial charge on any atom is 0.276 e. The third-order valence-electron chi connectivity index (χ3n) is 4.62. The number of amides is 1. The Bertz CT molecular complexity index is 1020. The first-order chi connectivity index (χ1) is 13.7. The predicted molar refractivity (Wildman–Crippen MR) is 105 cm³/mol. The summed E-state index contributed by atoms with van der Waals surface area (Å²) in [5.41, 5.74) is 3.74. The van der Waals surface area contributed by atoms with Gasteiger partial charge in [0.1, 0.15) is 0 Å². The van der Waals surface area contributed by atoms with Crippen molar-refractivity contribution < 1.29 is 9.21 Å². The molecular weight excluding hydrogens is 372 g/mol. The normalized spacial score (nSPS) is 13.7. The highest BCUT2D eigenvalue weighted by atomic mass is 32.2. The lowest BCUT2D eigenvalue weighted by molar-refractivity contribution is -0.128. The number of carbonyl (C=O) groups excluding carboxylic acids is 1. The molecule has 0 unspecified atom stereocenters. The van der Waals surface area contributed by atoms with Crippen molar-refractivity contribution in [1.29, 1.82) is 5.26 Å². The van der Waals surface area contributed by atoms with Crippen molar-refractivity contribution in [3.63, 3.8) is 0 Å². The van der Waals surface area contributed by atoms with Crippen LogP contribution in [0.2, 0.25) is 0 Å². The molecule has 1 saturated heterocycles. The Hall–Kier alpha value is -3.11. The van der Waals surface area contributed by atoms with Crippen LogP contribution in [0.1, 0.15) is 29.9 Å². The smallest absolute Gasteiger partial charge is 0.276 e. The van der Waals surface area contributed by atoms with Crippen molar-refractivity contribution in [3.8, 4) is 17.2 Å². The van der Waals surface area contributed by atoms with E-state index in [0.717, 1.165) is 29.7 Å². The summed E-state index contributed by atoms with van der Waals surface area (Å²) >= 11 is 1.47. The lowest BCUT2D eigenvalue weighted by Crippen LogP contribution is -2.23. The Kier molecular flexibility index (Phi) is 5.40. The Balaban J connectivity index is 1.37. The second-order valence-corrected chi connectivity index (χ2v) is 7.45. The standard InChI is InChI=1S/C21H18N4O2S/c22-12-17-4-1-2-5-18(17)16-9-7-15(8-10-16)14-28-21-24-23-19(27-21)13-25-11-3-6-20(25)26/h1-2,4-5,7-10H,3,6,11,13-14H2. The van der Waals surface area contributed by atoms with Gasteiger partial charge in [0.2, 0.25) is 11.8 Å². The highest BCUT2D eigenvalue weighted by molar-refractivity contribution is 7.98. The van der Waals surface area contributed by atoms with Crippen molar-refractivity contribution in [1.82, 2.24) is 15.1 Å². The van der Waals surface area contributed by atoms with E-state index >= 15 is 0 Å². The van der Waals surface area contributed by atoms with Crippen molar-refractivity contribution in [2.45, 2.75) is 30.4 Å². The molecular formula is C21H18N4O2S. The van der Waals surface area contributed by atoms with Crippen molar-refractivity contribution >= 4 is 17.7 Å². The molecule has 6 nitrogen and oxygen atoms in total. The summed E-state index contributed by atoms with van der Waals surface area (Å²) in [6, 6.07) is 17.9. The molecule has 0 aliphatic carbocycles. The molecule has 0 bridgehead atoms. The van der Waals surface area contributed by atoms with E-state index < -0.39 is 0 Å². The van der Waals surface area contributed by atoms with Crippen LogP contribution in [0.5, 0.6) is 0 Å². The highest BCUT2D eigenvalue weighted by Gasteiger charge is 2.22. The first-order valence-electron chi connectivity index (χ1n) is 9.04. The van der Waals surface area contributed by atoms with Gasteiger partial charge in [0.15, 0.2) is 0 Å². The van der Waals surface area contributed by atoms with E-state index in [2.05, 4.69) is 16.3 Å². The number of hydrogen-bond acceptors (Lipinski definition) is 6. The largest absolute Gasteiger partial charge is 0.414 e. The lowest BCUT2D eigenvalue weighted by atomic mass is 10.00. The van der Waals surface area contributed by atoms with Crippen molar-refractivity contribution in [3.05, 3.63) is 65.5 Å². The van der Waals surface area contributed by atoms with E-state index in [1.807, 2.05) is 48.5 Å². The molecule has 4 rings (SSSR count). The number of nitrogens with zero attached hydrogens (tertiary/aromatic N) is 4. The molecule has 140 valence electrons. The van der Waals surface area contributed by atoms with Gasteiger partial charge in [-0.2, -0.15) is 5.26 Å². The van der Waals surface area contributed by atoms with Crippen molar-refractivity contribution in [2.24, 2.45) is 0 Å². The zero-order chi connectivity index (χ0) is 19.3. The lowest BCUT2D eigenvalue weighted by Gasteiger charge is -2.11. The molecule has 3 aromatic rings. The number of carbonyl (C=O) groups is 1. The highest BCUT2D eigenvalue weighted by Crippen LogP contribution is 2.26. The Morgan fingerprint density at radius 2 is 1.96 bits per heavy atom. The van der Waals surface area contributed by atoms with E-state index in [9.17, 15) is 10.1 Å². The quantitative estimate of drug-likeness (QED) is 0.591. The summed E-state index contributed by atoms with van der Waals surface area (Å²) in [5.74, 6) is 1.32. The minimum Gasteiger partial charge on any atom is -0.414 e. The zero-order valence-corrected chi connectivity index (χ0v) is 16.0. The summed E-state index contributed by atoms with van der Waals surface area (Å²) in [6.07, 6.45) is 1.49. The summed E-state index contributed by atoms with van der Waals surface area (Å²) in [7, 11) is 0. The second kappa shape index (κ2) is 8.28. The molecule has 1 fully saturated rings. The molecule has 1 amide bonds. The van der Waals surface area contributed by atoms with Crippen LogP contribution in [0.15, 0.2) is 58.2 Å². The molecule has 2 heterocycles. The van der Waals surface area contributed by atoms with Crippen LogP contribution in [0.4, 0.5) is 0 Å². The topological polar surface area (TPSA) is 83.0 Å². The van der Waals surface area contributed by atoms with E-state index in [-0.39, 0.29) is 5.91 Å². The summed E-state index contributed by atoms with van der Waals surface area (Å²) in [6.45, 7) is 1.14. The van der Waals surface area contributed by atoms with Crippen LogP contribution in [0.3, 0.4) is 0 Å². The van der Waals surface area contributed by atoms with Crippen LogP contribution >= 0.6 is 11.8 Å². The number of thioether (sulfide) groups is 1. The van der Waals surface area contributed by atoms with Crippen LogP contribution in [0, 0.1) is 11.3 Å². The van der Waals surface area contributed by atoms with E-state index in [0.29, 0.717) is 35.4 Å². The van der Waals surface area contributed by atoms with Gasteiger partial charge in [-0.05, 0) is 29.2 Å². The molecule has 0 spiro atoms. The third kappa shape index (κ3) is 4.07. The molecule has 0 atom stereocenters. The van der Waals surface area contributed by atoms with E-state index in [4.69, 9.17) is 4.42 Å². The zero-order valence-electron chi connectivity index (χ0n) is 15.2. The van der Waals surface area contributed by atoms with Gasteiger partial charge in [-0.1, -0.05) is 54.2 Å². The van der Waals surface area contributed by atoms with Gasteiger partial charge >= 0.3 is 0 Å². The monoisotopic (exact) mass is 390 g/mol. The van der Waals surface area contributed by atoms with Crippen LogP contribution in [-0.2, 0) is 17.1 Å². The number of rotatable bonds is 6. The number of nitriles is 1. The van der Waals surface area contributed by atoms with Crippen LogP contribution < -0.4 is 0 Å². The molecule has 0 N–H and O–H groups in total. The average Bonchev–Trinajstić information content (AvgIpc) is 3.36. The first-order valence-corrected chi connectivity index (χ1v) is 10.0. The minimum atomic E-state index is 0.144. The van der Waals surface area contributed by atoms with Gasteiger partial charge < -0.3 is 9.32 Å². The molecule has 1 aliphatic rings. The van der Waals surface area contributed by atoms with Gasteiger partial charge in [-0.15, -0.1) is 10.2 Å². The molecule has 0 saturated carbocycles. The second-order valence-electron chi connectivity index (χ2n) is 6.52. The fourth-order valence-electron chi connectivity index (χ4n) is 3.15. The minimum absolute atomic E-state index is 0.144. The number of hydrogen-bond donors (Lipinski definition) is 0. The molecule has 2 aromatic carbocycles. The van der Waals surface area contributed by atoms with Crippen molar-refractivity contribution in [2.75, 3.05) is 6.54 Å². The van der Waals surface area contributed by atoms with Gasteiger partial charge in [0, 0.05) is 18.7 Å². The van der Waals surface area contributed by atoms with Gasteiger partial charge in [-0.3, -0.25) is 4.79 Å². The first kappa shape index (κ1) is 18.3. The average molecular weight is 390 g/mol. The van der Waals surface area contributed by atoms with Crippen LogP contribution in [-0.4, -0.2) is 27.5 Å². The van der Waals surface area contributed by atoms with E-state index in [1.54, 1.807) is 4.90 Å². The number of aromatic nitrogens is 2. The van der Waals surface area contributed by atoms with Crippen LogP contribution in [0.25, 0.3) is 11.1 Å². The maximum atomic E-state index is 11.7. The number of benzene rings is 2. The molecule has 1 aromatic heterocycles. The molecule has 28 heavy (non-hydrogen) atoms.